The van der Waals surface area contributed by atoms with Crippen molar-refractivity contribution in [1.29, 1.82) is 0 Å². The predicted molar refractivity (Wildman–Crippen MR) is 132 cm³/mol. The van der Waals surface area contributed by atoms with E-state index in [1.54, 1.807) is 18.2 Å². The average molecular weight is 515 g/mol. The van der Waals surface area contributed by atoms with Gasteiger partial charge in [-0.25, -0.2) is 4.79 Å². The second-order valence-corrected chi connectivity index (χ2v) is 10.5. The molecule has 3 aliphatic rings. The maximum atomic E-state index is 13.2. The largest absolute Gasteiger partial charge is 0.452 e. The van der Waals surface area contributed by atoms with Crippen LogP contribution in [-0.4, -0.2) is 41.1 Å². The van der Waals surface area contributed by atoms with Crippen LogP contribution in [0.3, 0.4) is 0 Å². The number of hydrogen-bond acceptors (Lipinski definition) is 5. The number of ether oxygens (including phenoxy) is 1. The topological polar surface area (TPSA) is 92.8 Å². The Morgan fingerprint density at radius 2 is 1.63 bits per heavy atom. The summed E-state index contributed by atoms with van der Waals surface area (Å²) in [6, 6.07) is 11.6. The average Bonchev–Trinajstić information content (AvgIpc) is 3.44. The zero-order chi connectivity index (χ0) is 25.0. The van der Waals surface area contributed by atoms with E-state index in [-0.39, 0.29) is 40.0 Å². The Labute approximate surface area is 212 Å². The molecule has 1 N–H and O–H groups in total. The van der Waals surface area contributed by atoms with Crippen LogP contribution >= 0.6 is 23.2 Å². The number of anilines is 2. The number of nitrogens with one attached hydrogen (secondary N) is 1. The zero-order valence-corrected chi connectivity index (χ0v) is 20.7. The van der Waals surface area contributed by atoms with Gasteiger partial charge in [-0.3, -0.25) is 19.3 Å². The minimum atomic E-state index is -0.733. The first kappa shape index (κ1) is 23.8. The number of imide groups is 1. The van der Waals surface area contributed by atoms with E-state index in [9.17, 15) is 19.2 Å². The summed E-state index contributed by atoms with van der Waals surface area (Å²) in [4.78, 5) is 52.3. The van der Waals surface area contributed by atoms with E-state index in [1.165, 1.54) is 12.1 Å². The molecule has 6 atom stereocenters. The summed E-state index contributed by atoms with van der Waals surface area (Å²) in [6.45, 7) is 3.44. The van der Waals surface area contributed by atoms with Gasteiger partial charge in [0, 0.05) is 5.69 Å². The number of amides is 3. The monoisotopic (exact) mass is 514 g/mol. The van der Waals surface area contributed by atoms with Gasteiger partial charge in [0.25, 0.3) is 5.91 Å². The number of carbonyl (C=O) groups is 4. The fourth-order valence-corrected chi connectivity index (χ4v) is 6.50. The summed E-state index contributed by atoms with van der Waals surface area (Å²) in [5.41, 5.74) is 3.17. The molecule has 1 heterocycles. The third-order valence-electron chi connectivity index (χ3n) is 7.45. The molecule has 3 amide bonds. The van der Waals surface area contributed by atoms with E-state index >= 15 is 0 Å². The quantitative estimate of drug-likeness (QED) is 0.368. The van der Waals surface area contributed by atoms with Crippen LogP contribution in [-0.2, 0) is 19.1 Å². The maximum absolute atomic E-state index is 13.2. The lowest BCUT2D eigenvalue weighted by Crippen LogP contribution is -2.37. The number of nitrogens with zero attached hydrogens (tertiary/aromatic N) is 1. The molecule has 35 heavy (non-hydrogen) atoms. The van der Waals surface area contributed by atoms with Crippen LogP contribution < -0.4 is 10.2 Å². The fraction of sp³-hybridized carbons (Fsp3) is 0.385. The van der Waals surface area contributed by atoms with E-state index in [1.807, 2.05) is 26.0 Å². The van der Waals surface area contributed by atoms with Crippen LogP contribution in [0, 0.1) is 37.5 Å². The smallest absolute Gasteiger partial charge is 0.338 e. The molecule has 0 radical (unpaired) electrons. The van der Waals surface area contributed by atoms with Gasteiger partial charge in [0.2, 0.25) is 11.8 Å². The first-order valence-electron chi connectivity index (χ1n) is 11.5. The Kier molecular flexibility index (Phi) is 6.09. The second kappa shape index (κ2) is 8.95. The molecular formula is C26H24Cl2N2O5. The summed E-state index contributed by atoms with van der Waals surface area (Å²) >= 11 is 12.8. The number of benzene rings is 2. The second-order valence-electron chi connectivity index (χ2n) is 9.49. The van der Waals surface area contributed by atoms with Crippen molar-refractivity contribution in [3.8, 4) is 0 Å². The third-order valence-corrected chi connectivity index (χ3v) is 8.77. The van der Waals surface area contributed by atoms with Gasteiger partial charge in [-0.15, -0.1) is 23.2 Å². The number of fused-ring (bicyclic) bond motifs is 5. The molecule has 9 heteroatoms. The Balaban J connectivity index is 1.26. The number of hydrogen-bond donors (Lipinski definition) is 1. The number of esters is 1. The first-order chi connectivity index (χ1) is 16.7. The molecular weight excluding hydrogens is 491 g/mol. The van der Waals surface area contributed by atoms with Gasteiger partial charge in [-0.1, -0.05) is 12.1 Å². The molecule has 182 valence electrons. The van der Waals surface area contributed by atoms with Gasteiger partial charge >= 0.3 is 5.97 Å². The van der Waals surface area contributed by atoms with Gasteiger partial charge in [0.05, 0.1) is 33.8 Å². The van der Waals surface area contributed by atoms with Crippen LogP contribution in [0.1, 0.15) is 27.9 Å². The van der Waals surface area contributed by atoms with E-state index in [4.69, 9.17) is 27.9 Å². The zero-order valence-electron chi connectivity index (χ0n) is 19.2. The molecule has 0 unspecified atom stereocenters. The van der Waals surface area contributed by atoms with Crippen LogP contribution in [0.4, 0.5) is 11.4 Å². The van der Waals surface area contributed by atoms with Gasteiger partial charge in [0.15, 0.2) is 6.61 Å². The molecule has 2 saturated carbocycles. The van der Waals surface area contributed by atoms with Crippen molar-refractivity contribution >= 4 is 58.3 Å². The van der Waals surface area contributed by atoms with Crippen molar-refractivity contribution in [2.75, 3.05) is 16.8 Å². The Morgan fingerprint density at radius 1 is 0.971 bits per heavy atom. The lowest BCUT2D eigenvalue weighted by atomic mass is 9.80. The first-order valence-corrected chi connectivity index (χ1v) is 12.3. The van der Waals surface area contributed by atoms with Crippen molar-refractivity contribution in [1.82, 2.24) is 0 Å². The van der Waals surface area contributed by atoms with Crippen molar-refractivity contribution in [2.24, 2.45) is 23.7 Å². The highest BCUT2D eigenvalue weighted by atomic mass is 35.5. The van der Waals surface area contributed by atoms with E-state index in [0.29, 0.717) is 17.8 Å². The van der Waals surface area contributed by atoms with Crippen LogP contribution in [0.2, 0.25) is 0 Å². The summed E-state index contributed by atoms with van der Waals surface area (Å²) in [5.74, 6) is -3.02. The van der Waals surface area contributed by atoms with Gasteiger partial charge in [0.1, 0.15) is 0 Å². The van der Waals surface area contributed by atoms with Crippen LogP contribution in [0.15, 0.2) is 42.5 Å². The normalized spacial score (nSPS) is 28.9. The Hall–Kier alpha value is -2.90. The van der Waals surface area contributed by atoms with Gasteiger partial charge < -0.3 is 10.1 Å². The fourth-order valence-electron chi connectivity index (χ4n) is 5.61. The van der Waals surface area contributed by atoms with Gasteiger partial charge in [-0.2, -0.15) is 0 Å². The van der Waals surface area contributed by atoms with Crippen LogP contribution in [0.25, 0.3) is 0 Å². The molecule has 2 aromatic rings. The Bertz CT molecular complexity index is 1220. The Morgan fingerprint density at radius 3 is 2.26 bits per heavy atom. The molecule has 2 aromatic carbocycles. The molecule has 2 bridgehead atoms. The predicted octanol–water partition coefficient (Wildman–Crippen LogP) is 4.07. The molecule has 3 fully saturated rings. The van der Waals surface area contributed by atoms with E-state index in [2.05, 4.69) is 5.32 Å². The summed E-state index contributed by atoms with van der Waals surface area (Å²) in [5, 5.41) is 2.02. The highest BCUT2D eigenvalue weighted by Crippen LogP contribution is 2.59. The molecule has 5 rings (SSSR count). The standard InChI is InChI=1S/C26H24Cl2N2O5/c1-12-6-7-15(8-13(12)2)29-19(31)11-35-26(34)14-4-3-5-16(9-14)30-24(32)20-17-10-18(21(20)25(30)33)23(28)22(17)27/h3-9,17-18,20-23H,10-11H2,1-2H3,(H,29,31)/t17-,18-,20-,21+,22+,23+/m1/s1. The maximum Gasteiger partial charge on any atom is 0.338 e. The number of aryl methyl sites for hydroxylation is 2. The van der Waals surface area contributed by atoms with Gasteiger partial charge in [-0.05, 0) is 73.6 Å². The van der Waals surface area contributed by atoms with E-state index < -0.39 is 30.3 Å². The highest BCUT2D eigenvalue weighted by molar-refractivity contribution is 6.32. The SMILES string of the molecule is Cc1ccc(NC(=O)COC(=O)c2cccc(N3C(=O)[C@@H]4[C@H]5C[C@@H]([C@H](Cl)[C@H]5Cl)[C@@H]4C3=O)c2)cc1C. The number of rotatable bonds is 5. The highest BCUT2D eigenvalue weighted by Gasteiger charge is 2.66. The summed E-state index contributed by atoms with van der Waals surface area (Å²) in [7, 11) is 0. The third kappa shape index (κ3) is 4.00. The summed E-state index contributed by atoms with van der Waals surface area (Å²) < 4.78 is 5.16. The number of alkyl halides is 2. The molecule has 1 saturated heterocycles. The van der Waals surface area contributed by atoms with E-state index in [0.717, 1.165) is 16.0 Å². The minimum Gasteiger partial charge on any atom is -0.452 e. The number of carbonyl (C=O) groups excluding carboxylic acids is 4. The number of halogens is 2. The lowest BCUT2D eigenvalue weighted by Gasteiger charge is -2.28. The van der Waals surface area contributed by atoms with Crippen LogP contribution in [0.5, 0.6) is 0 Å². The molecule has 1 aliphatic heterocycles. The molecule has 0 aromatic heterocycles. The van der Waals surface area contributed by atoms with Crippen molar-refractivity contribution in [3.05, 3.63) is 59.2 Å². The van der Waals surface area contributed by atoms with Crippen molar-refractivity contribution in [2.45, 2.75) is 31.0 Å². The van der Waals surface area contributed by atoms with Crippen molar-refractivity contribution in [3.63, 3.8) is 0 Å². The molecule has 2 aliphatic carbocycles. The lowest BCUT2D eigenvalue weighted by molar-refractivity contribution is -0.123. The molecule has 7 nitrogen and oxygen atoms in total. The van der Waals surface area contributed by atoms with Crippen molar-refractivity contribution < 1.29 is 23.9 Å². The minimum absolute atomic E-state index is 0.125. The molecule has 0 spiro atoms. The summed E-state index contributed by atoms with van der Waals surface area (Å²) in [6.07, 6.45) is 0.680.